The summed E-state index contributed by atoms with van der Waals surface area (Å²) in [6.07, 6.45) is 10.6. The third-order valence-electron chi connectivity index (χ3n) is 4.96. The van der Waals surface area contributed by atoms with Crippen LogP contribution in [-0.2, 0) is 13.1 Å². The molecule has 32 heavy (non-hydrogen) atoms. The van der Waals surface area contributed by atoms with Crippen molar-refractivity contribution in [3.8, 4) is 11.4 Å². The lowest BCUT2D eigenvalue weighted by Crippen LogP contribution is -2.06. The summed E-state index contributed by atoms with van der Waals surface area (Å²) in [6, 6.07) is 11.6. The van der Waals surface area contributed by atoms with E-state index in [1.54, 1.807) is 31.1 Å². The van der Waals surface area contributed by atoms with E-state index in [1.807, 2.05) is 47.2 Å². The van der Waals surface area contributed by atoms with Crippen LogP contribution in [0.4, 0.5) is 17.3 Å². The molecule has 5 rings (SSSR count). The highest BCUT2D eigenvalue weighted by molar-refractivity contribution is 5.85. The van der Waals surface area contributed by atoms with Gasteiger partial charge >= 0.3 is 0 Å². The molecule has 0 aliphatic heterocycles. The minimum atomic E-state index is 0.556. The minimum Gasteiger partial charge on any atom is -0.364 e. The Labute approximate surface area is 184 Å². The number of hydrogen-bond donors (Lipinski definition) is 2. The number of aromatic nitrogens is 7. The molecule has 158 valence electrons. The molecule has 0 atom stereocenters. The van der Waals surface area contributed by atoms with Gasteiger partial charge in [0, 0.05) is 55.3 Å². The van der Waals surface area contributed by atoms with Crippen molar-refractivity contribution in [1.82, 2.24) is 34.5 Å². The standard InChI is InChI=1S/C23H21N9/c1-2-32-15-28-20-22(30-21(31-23(20)32)17-4-3-9-25-14-17)27-13-16-5-6-19(26-12-16)29-18-7-10-24-11-8-18/h3-12,14-15H,2,13H2,1H3,(H,24,26,29)(H,27,30,31). The fraction of sp³-hybridized carbons (Fsp3) is 0.130. The predicted molar refractivity (Wildman–Crippen MR) is 123 cm³/mol. The first kappa shape index (κ1) is 19.6. The van der Waals surface area contributed by atoms with Crippen LogP contribution < -0.4 is 10.6 Å². The van der Waals surface area contributed by atoms with Crippen LogP contribution in [0.3, 0.4) is 0 Å². The fourth-order valence-corrected chi connectivity index (χ4v) is 3.29. The van der Waals surface area contributed by atoms with E-state index in [2.05, 4.69) is 37.5 Å². The molecule has 0 bridgehead atoms. The summed E-state index contributed by atoms with van der Waals surface area (Å²) >= 11 is 0. The summed E-state index contributed by atoms with van der Waals surface area (Å²) in [5.74, 6) is 2.06. The van der Waals surface area contributed by atoms with Gasteiger partial charge in [-0.15, -0.1) is 0 Å². The Morgan fingerprint density at radius 2 is 1.81 bits per heavy atom. The van der Waals surface area contributed by atoms with E-state index in [4.69, 9.17) is 9.97 Å². The Morgan fingerprint density at radius 1 is 0.906 bits per heavy atom. The van der Waals surface area contributed by atoms with Gasteiger partial charge in [0.25, 0.3) is 0 Å². The van der Waals surface area contributed by atoms with E-state index in [0.29, 0.717) is 18.2 Å². The van der Waals surface area contributed by atoms with Gasteiger partial charge in [0.2, 0.25) is 0 Å². The second-order valence-corrected chi connectivity index (χ2v) is 7.11. The summed E-state index contributed by atoms with van der Waals surface area (Å²) in [7, 11) is 0. The molecule has 0 aromatic carbocycles. The monoisotopic (exact) mass is 423 g/mol. The van der Waals surface area contributed by atoms with Crippen molar-refractivity contribution in [2.45, 2.75) is 20.0 Å². The van der Waals surface area contributed by atoms with Gasteiger partial charge in [-0.05, 0) is 42.8 Å². The first-order valence-corrected chi connectivity index (χ1v) is 10.3. The van der Waals surface area contributed by atoms with Gasteiger partial charge in [-0.1, -0.05) is 6.07 Å². The molecule has 0 radical (unpaired) electrons. The number of fused-ring (bicyclic) bond motifs is 1. The first-order valence-electron chi connectivity index (χ1n) is 10.3. The van der Waals surface area contributed by atoms with Gasteiger partial charge in [-0.3, -0.25) is 9.97 Å². The van der Waals surface area contributed by atoms with Crippen LogP contribution >= 0.6 is 0 Å². The number of pyridine rings is 3. The Morgan fingerprint density at radius 3 is 2.56 bits per heavy atom. The molecule has 9 heteroatoms. The van der Waals surface area contributed by atoms with E-state index in [1.165, 1.54) is 0 Å². The summed E-state index contributed by atoms with van der Waals surface area (Å²) in [5, 5.41) is 6.66. The molecule has 0 aliphatic rings. The maximum absolute atomic E-state index is 4.73. The molecule has 2 N–H and O–H groups in total. The summed E-state index contributed by atoms with van der Waals surface area (Å²) < 4.78 is 2.00. The smallest absolute Gasteiger partial charge is 0.166 e. The van der Waals surface area contributed by atoms with Crippen molar-refractivity contribution >= 4 is 28.5 Å². The number of anilines is 3. The third-order valence-corrected chi connectivity index (χ3v) is 4.96. The van der Waals surface area contributed by atoms with E-state index in [-0.39, 0.29) is 0 Å². The second-order valence-electron chi connectivity index (χ2n) is 7.11. The molecule has 0 saturated heterocycles. The van der Waals surface area contributed by atoms with Gasteiger partial charge < -0.3 is 15.2 Å². The second kappa shape index (κ2) is 8.76. The Bertz CT molecular complexity index is 1320. The molecule has 0 saturated carbocycles. The molecule has 0 aliphatic carbocycles. The normalized spacial score (nSPS) is 10.9. The number of imidazole rings is 1. The molecule has 5 aromatic heterocycles. The third kappa shape index (κ3) is 4.08. The zero-order valence-corrected chi connectivity index (χ0v) is 17.5. The van der Waals surface area contributed by atoms with Crippen molar-refractivity contribution in [3.05, 3.63) is 79.3 Å². The molecular weight excluding hydrogens is 402 g/mol. The number of rotatable bonds is 7. The highest BCUT2D eigenvalue weighted by Crippen LogP contribution is 2.24. The number of nitrogens with one attached hydrogen (secondary N) is 2. The highest BCUT2D eigenvalue weighted by atomic mass is 15.2. The molecular formula is C23H21N9. The van der Waals surface area contributed by atoms with Crippen molar-refractivity contribution in [2.24, 2.45) is 0 Å². The first-order chi connectivity index (χ1) is 15.8. The lowest BCUT2D eigenvalue weighted by molar-refractivity contribution is 0.777. The van der Waals surface area contributed by atoms with Crippen LogP contribution in [0, 0.1) is 0 Å². The summed E-state index contributed by atoms with van der Waals surface area (Å²) in [5.41, 5.74) is 4.35. The van der Waals surface area contributed by atoms with Crippen LogP contribution in [-0.4, -0.2) is 34.5 Å². The molecule has 9 nitrogen and oxygen atoms in total. The topological polar surface area (TPSA) is 106 Å². The SMILES string of the molecule is CCn1cnc2c(NCc3ccc(Nc4ccncc4)nc3)nc(-c3cccnc3)nc21. The highest BCUT2D eigenvalue weighted by Gasteiger charge is 2.14. The van der Waals surface area contributed by atoms with Gasteiger partial charge in [0.1, 0.15) is 11.3 Å². The maximum atomic E-state index is 4.73. The lowest BCUT2D eigenvalue weighted by Gasteiger charge is -2.10. The van der Waals surface area contributed by atoms with Gasteiger partial charge in [0.15, 0.2) is 17.3 Å². The van der Waals surface area contributed by atoms with Crippen LogP contribution in [0.5, 0.6) is 0 Å². The zero-order chi connectivity index (χ0) is 21.8. The molecule has 0 spiro atoms. The minimum absolute atomic E-state index is 0.556. The van der Waals surface area contributed by atoms with E-state index >= 15 is 0 Å². The average molecular weight is 423 g/mol. The van der Waals surface area contributed by atoms with Crippen molar-refractivity contribution in [1.29, 1.82) is 0 Å². The van der Waals surface area contributed by atoms with Crippen molar-refractivity contribution in [2.75, 3.05) is 10.6 Å². The Hall–Kier alpha value is -4.40. The van der Waals surface area contributed by atoms with E-state index in [0.717, 1.165) is 40.3 Å². The average Bonchev–Trinajstić information content (AvgIpc) is 3.28. The number of nitrogens with zero attached hydrogens (tertiary/aromatic N) is 7. The van der Waals surface area contributed by atoms with Crippen LogP contribution in [0.2, 0.25) is 0 Å². The Balaban J connectivity index is 1.38. The zero-order valence-electron chi connectivity index (χ0n) is 17.5. The van der Waals surface area contributed by atoms with Gasteiger partial charge in [-0.2, -0.15) is 0 Å². The van der Waals surface area contributed by atoms with Crippen molar-refractivity contribution < 1.29 is 0 Å². The van der Waals surface area contributed by atoms with Crippen LogP contribution in [0.25, 0.3) is 22.6 Å². The summed E-state index contributed by atoms with van der Waals surface area (Å²) in [4.78, 5) is 26.7. The molecule has 0 amide bonds. The van der Waals surface area contributed by atoms with Gasteiger partial charge in [0.05, 0.1) is 6.33 Å². The molecule has 0 unspecified atom stereocenters. The lowest BCUT2D eigenvalue weighted by atomic mass is 10.2. The molecule has 0 fully saturated rings. The fourth-order valence-electron chi connectivity index (χ4n) is 3.29. The number of hydrogen-bond acceptors (Lipinski definition) is 8. The molecule has 5 aromatic rings. The van der Waals surface area contributed by atoms with E-state index in [9.17, 15) is 0 Å². The summed E-state index contributed by atoms with van der Waals surface area (Å²) in [6.45, 7) is 3.39. The maximum Gasteiger partial charge on any atom is 0.166 e. The largest absolute Gasteiger partial charge is 0.364 e. The van der Waals surface area contributed by atoms with Crippen molar-refractivity contribution in [3.63, 3.8) is 0 Å². The van der Waals surface area contributed by atoms with Crippen LogP contribution in [0.15, 0.2) is 73.7 Å². The number of aryl methyl sites for hydroxylation is 1. The predicted octanol–water partition coefficient (Wildman–Crippen LogP) is 4.05. The quantitative estimate of drug-likeness (QED) is 0.404. The Kier molecular flexibility index (Phi) is 5.36. The van der Waals surface area contributed by atoms with E-state index < -0.39 is 0 Å². The van der Waals surface area contributed by atoms with Gasteiger partial charge in [-0.25, -0.2) is 19.9 Å². The molecule has 5 heterocycles. The van der Waals surface area contributed by atoms with Crippen LogP contribution in [0.1, 0.15) is 12.5 Å².